The number of H-pyrrole nitrogens is 1. The Morgan fingerprint density at radius 2 is 2.37 bits per heavy atom. The van der Waals surface area contributed by atoms with Gasteiger partial charge in [-0.15, -0.1) is 0 Å². The fourth-order valence-corrected chi connectivity index (χ4v) is 1.94. The van der Waals surface area contributed by atoms with E-state index >= 15 is 0 Å². The van der Waals surface area contributed by atoms with Crippen molar-refractivity contribution in [2.24, 2.45) is 0 Å². The average molecular weight is 328 g/mol. The summed E-state index contributed by atoms with van der Waals surface area (Å²) in [5.74, 6) is 0. The summed E-state index contributed by atoms with van der Waals surface area (Å²) >= 11 is 3.28. The predicted octanol–water partition coefficient (Wildman–Crippen LogP) is 0.987. The number of anilines is 1. The molecule has 2 aromatic heterocycles. The zero-order valence-electron chi connectivity index (χ0n) is 10.4. The monoisotopic (exact) mass is 327 g/mol. The van der Waals surface area contributed by atoms with Crippen LogP contribution in [0, 0.1) is 0 Å². The molecule has 2 aromatic rings. The number of imidazole rings is 1. The highest BCUT2D eigenvalue weighted by Gasteiger charge is 2.08. The van der Waals surface area contributed by atoms with Crippen LogP contribution < -0.4 is 10.9 Å². The SMILES string of the molecule is COCCn1ncc(NCc2cnc[nH]2)c(Br)c1=O. The molecule has 0 fully saturated rings. The van der Waals surface area contributed by atoms with E-state index in [4.69, 9.17) is 4.74 Å². The smallest absolute Gasteiger partial charge is 0.283 e. The number of halogens is 1. The summed E-state index contributed by atoms with van der Waals surface area (Å²) in [5.41, 5.74) is 1.38. The summed E-state index contributed by atoms with van der Waals surface area (Å²) in [6.07, 6.45) is 4.93. The molecule has 0 saturated carbocycles. The Balaban J connectivity index is 2.09. The third kappa shape index (κ3) is 3.42. The number of hydrogen-bond acceptors (Lipinski definition) is 5. The minimum atomic E-state index is -0.188. The number of methoxy groups -OCH3 is 1. The van der Waals surface area contributed by atoms with Crippen LogP contribution in [0.15, 0.2) is 28.0 Å². The fourth-order valence-electron chi connectivity index (χ4n) is 1.50. The van der Waals surface area contributed by atoms with E-state index in [-0.39, 0.29) is 5.56 Å². The average Bonchev–Trinajstić information content (AvgIpc) is 2.92. The van der Waals surface area contributed by atoms with E-state index in [1.165, 1.54) is 4.68 Å². The van der Waals surface area contributed by atoms with E-state index in [0.29, 0.717) is 29.9 Å². The van der Waals surface area contributed by atoms with E-state index in [9.17, 15) is 4.79 Å². The van der Waals surface area contributed by atoms with Gasteiger partial charge in [0.05, 0.1) is 43.6 Å². The molecule has 0 saturated heterocycles. The Morgan fingerprint density at radius 3 is 3.05 bits per heavy atom. The number of ether oxygens (including phenoxy) is 1. The third-order valence-corrected chi connectivity index (χ3v) is 3.28. The molecule has 0 spiro atoms. The number of rotatable bonds is 6. The lowest BCUT2D eigenvalue weighted by Crippen LogP contribution is -2.26. The van der Waals surface area contributed by atoms with Crippen LogP contribution >= 0.6 is 15.9 Å². The molecule has 0 aromatic carbocycles. The van der Waals surface area contributed by atoms with Gasteiger partial charge in [0.15, 0.2) is 0 Å². The molecule has 102 valence electrons. The lowest BCUT2D eigenvalue weighted by atomic mass is 10.4. The van der Waals surface area contributed by atoms with E-state index in [1.54, 1.807) is 25.8 Å². The van der Waals surface area contributed by atoms with Crippen LogP contribution in [0.2, 0.25) is 0 Å². The molecule has 2 N–H and O–H groups in total. The first-order valence-electron chi connectivity index (χ1n) is 5.68. The van der Waals surface area contributed by atoms with Gasteiger partial charge >= 0.3 is 0 Å². The van der Waals surface area contributed by atoms with E-state index < -0.39 is 0 Å². The quantitative estimate of drug-likeness (QED) is 0.826. The highest BCUT2D eigenvalue weighted by molar-refractivity contribution is 9.10. The lowest BCUT2D eigenvalue weighted by Gasteiger charge is -2.09. The fraction of sp³-hybridized carbons (Fsp3) is 0.364. The van der Waals surface area contributed by atoms with Gasteiger partial charge in [0.25, 0.3) is 5.56 Å². The standard InChI is InChI=1S/C11H14BrN5O2/c1-19-3-2-17-11(18)10(12)9(6-16-17)14-5-8-4-13-7-15-8/h4,6-7,14H,2-3,5H2,1H3,(H,13,15). The number of hydrogen-bond donors (Lipinski definition) is 2. The van der Waals surface area contributed by atoms with E-state index in [0.717, 1.165) is 5.69 Å². The molecule has 0 bridgehead atoms. The van der Waals surface area contributed by atoms with Gasteiger partial charge in [-0.05, 0) is 15.9 Å². The zero-order valence-corrected chi connectivity index (χ0v) is 12.0. The van der Waals surface area contributed by atoms with Crippen molar-refractivity contribution < 1.29 is 4.74 Å². The molecule has 0 aliphatic heterocycles. The molecule has 7 nitrogen and oxygen atoms in total. The molecule has 0 amide bonds. The molecule has 0 aliphatic carbocycles. The van der Waals surface area contributed by atoms with Crippen molar-refractivity contribution in [1.82, 2.24) is 19.7 Å². The summed E-state index contributed by atoms with van der Waals surface area (Å²) in [4.78, 5) is 18.9. The van der Waals surface area contributed by atoms with E-state index in [1.807, 2.05) is 0 Å². The van der Waals surface area contributed by atoms with Crippen molar-refractivity contribution in [1.29, 1.82) is 0 Å². The third-order valence-electron chi connectivity index (χ3n) is 2.52. The Morgan fingerprint density at radius 1 is 1.53 bits per heavy atom. The Hall–Kier alpha value is -1.67. The minimum absolute atomic E-state index is 0.188. The zero-order chi connectivity index (χ0) is 13.7. The number of nitrogens with zero attached hydrogens (tertiary/aromatic N) is 3. The second-order valence-electron chi connectivity index (χ2n) is 3.82. The van der Waals surface area contributed by atoms with Gasteiger partial charge in [-0.25, -0.2) is 9.67 Å². The maximum Gasteiger partial charge on any atom is 0.283 e. The van der Waals surface area contributed by atoms with Crippen molar-refractivity contribution in [3.8, 4) is 0 Å². The topological polar surface area (TPSA) is 84.8 Å². The number of nitrogens with one attached hydrogen (secondary N) is 2. The lowest BCUT2D eigenvalue weighted by molar-refractivity contribution is 0.181. The van der Waals surface area contributed by atoms with Gasteiger partial charge in [-0.1, -0.05) is 0 Å². The van der Waals surface area contributed by atoms with Gasteiger partial charge < -0.3 is 15.0 Å². The first-order valence-corrected chi connectivity index (χ1v) is 6.47. The second-order valence-corrected chi connectivity index (χ2v) is 4.62. The summed E-state index contributed by atoms with van der Waals surface area (Å²) < 4.78 is 6.74. The Kier molecular flexibility index (Phi) is 4.69. The summed E-state index contributed by atoms with van der Waals surface area (Å²) in [6, 6.07) is 0. The molecular formula is C11H14BrN5O2. The highest BCUT2D eigenvalue weighted by atomic mass is 79.9. The molecule has 2 rings (SSSR count). The molecule has 0 radical (unpaired) electrons. The van der Waals surface area contributed by atoms with Crippen LogP contribution in [0.1, 0.15) is 5.69 Å². The molecule has 8 heteroatoms. The summed E-state index contributed by atoms with van der Waals surface area (Å²) in [6.45, 7) is 1.41. The van der Waals surface area contributed by atoms with Crippen LogP contribution in [0.25, 0.3) is 0 Å². The van der Waals surface area contributed by atoms with Crippen LogP contribution in [0.3, 0.4) is 0 Å². The van der Waals surface area contributed by atoms with Crippen LogP contribution in [-0.2, 0) is 17.8 Å². The maximum atomic E-state index is 12.0. The highest BCUT2D eigenvalue weighted by Crippen LogP contribution is 2.16. The first-order chi connectivity index (χ1) is 9.22. The maximum absolute atomic E-state index is 12.0. The van der Waals surface area contributed by atoms with Gasteiger partial charge in [-0.3, -0.25) is 4.79 Å². The van der Waals surface area contributed by atoms with Crippen LogP contribution in [0.4, 0.5) is 5.69 Å². The molecule has 2 heterocycles. The molecule has 0 unspecified atom stereocenters. The predicted molar refractivity (Wildman–Crippen MR) is 74.0 cm³/mol. The van der Waals surface area contributed by atoms with Gasteiger partial charge in [0.2, 0.25) is 0 Å². The van der Waals surface area contributed by atoms with E-state index in [2.05, 4.69) is 36.3 Å². The minimum Gasteiger partial charge on any atom is -0.383 e. The van der Waals surface area contributed by atoms with Crippen LogP contribution in [0.5, 0.6) is 0 Å². The number of aromatic amines is 1. The molecule has 0 atom stereocenters. The first kappa shape index (κ1) is 13.8. The van der Waals surface area contributed by atoms with Gasteiger partial charge in [-0.2, -0.15) is 5.10 Å². The van der Waals surface area contributed by atoms with Crippen molar-refractivity contribution in [2.45, 2.75) is 13.1 Å². The van der Waals surface area contributed by atoms with Crippen molar-refractivity contribution in [3.63, 3.8) is 0 Å². The van der Waals surface area contributed by atoms with Crippen molar-refractivity contribution in [3.05, 3.63) is 39.2 Å². The van der Waals surface area contributed by atoms with Crippen LogP contribution in [-0.4, -0.2) is 33.5 Å². The largest absolute Gasteiger partial charge is 0.383 e. The van der Waals surface area contributed by atoms with Crippen molar-refractivity contribution >= 4 is 21.6 Å². The summed E-state index contributed by atoms with van der Waals surface area (Å²) in [7, 11) is 1.58. The van der Waals surface area contributed by atoms with Crippen molar-refractivity contribution in [2.75, 3.05) is 19.0 Å². The number of aromatic nitrogens is 4. The van der Waals surface area contributed by atoms with Gasteiger partial charge in [0.1, 0.15) is 4.47 Å². The molecule has 19 heavy (non-hydrogen) atoms. The normalized spacial score (nSPS) is 10.6. The summed E-state index contributed by atoms with van der Waals surface area (Å²) in [5, 5.41) is 7.20. The Bertz CT molecular complexity index is 581. The molecular weight excluding hydrogens is 314 g/mol. The Labute approximate surface area is 118 Å². The van der Waals surface area contributed by atoms with Gasteiger partial charge in [0, 0.05) is 13.3 Å². The molecule has 0 aliphatic rings. The second kappa shape index (κ2) is 6.48.